The van der Waals surface area contributed by atoms with Gasteiger partial charge in [-0.1, -0.05) is 32.6 Å². The second-order valence-electron chi connectivity index (χ2n) is 5.06. The van der Waals surface area contributed by atoms with Crippen LogP contribution in [0, 0.1) is 0 Å². The molecule has 0 amide bonds. The van der Waals surface area contributed by atoms with Crippen LogP contribution in [-0.2, 0) is 4.53 Å². The van der Waals surface area contributed by atoms with Gasteiger partial charge in [0.2, 0.25) is 8.32 Å². The number of hydrogen-bond acceptors (Lipinski definition) is 2. The van der Waals surface area contributed by atoms with Crippen molar-refractivity contribution in [2.45, 2.75) is 70.6 Å². The molecule has 1 aliphatic rings. The van der Waals surface area contributed by atoms with Crippen molar-refractivity contribution < 1.29 is 4.53 Å². The van der Waals surface area contributed by atoms with Crippen LogP contribution < -0.4 is 5.48 Å². The Labute approximate surface area is 89.5 Å². The second kappa shape index (κ2) is 5.88. The van der Waals surface area contributed by atoms with Gasteiger partial charge in [-0.2, -0.15) is 0 Å². The first-order valence-electron chi connectivity index (χ1n) is 6.07. The summed E-state index contributed by atoms with van der Waals surface area (Å²) < 4.78 is 5.90. The summed E-state index contributed by atoms with van der Waals surface area (Å²) in [6.07, 6.45) is 7.95. The van der Waals surface area contributed by atoms with Crippen LogP contribution in [0.4, 0.5) is 0 Å². The Kier molecular flexibility index (Phi) is 5.13. The van der Waals surface area contributed by atoms with Crippen LogP contribution in [0.1, 0.15) is 45.4 Å². The van der Waals surface area contributed by atoms with E-state index in [0.29, 0.717) is 6.04 Å². The van der Waals surface area contributed by atoms with E-state index in [2.05, 4.69) is 25.5 Å². The van der Waals surface area contributed by atoms with E-state index < -0.39 is 8.32 Å². The van der Waals surface area contributed by atoms with Gasteiger partial charge in [0.15, 0.2) is 0 Å². The van der Waals surface area contributed by atoms with Crippen molar-refractivity contribution in [3.05, 3.63) is 0 Å². The average molecular weight is 215 g/mol. The van der Waals surface area contributed by atoms with E-state index in [1.165, 1.54) is 44.6 Å². The molecule has 1 rings (SSSR count). The second-order valence-corrected chi connectivity index (χ2v) is 9.29. The molecule has 0 spiro atoms. The van der Waals surface area contributed by atoms with Crippen LogP contribution in [0.25, 0.3) is 0 Å². The lowest BCUT2D eigenvalue weighted by atomic mass is 10.3. The van der Waals surface area contributed by atoms with E-state index in [1.54, 1.807) is 0 Å². The third kappa shape index (κ3) is 4.58. The largest absolute Gasteiger partial charge is 0.345 e. The van der Waals surface area contributed by atoms with Crippen molar-refractivity contribution in [3.8, 4) is 0 Å². The minimum atomic E-state index is -1.40. The molecule has 14 heavy (non-hydrogen) atoms. The Hall–Kier alpha value is 0.137. The minimum absolute atomic E-state index is 0.642. The summed E-state index contributed by atoms with van der Waals surface area (Å²) in [6, 6.07) is 1.92. The Morgan fingerprint density at radius 1 is 1.29 bits per heavy atom. The summed E-state index contributed by atoms with van der Waals surface area (Å²) >= 11 is 0. The highest BCUT2D eigenvalue weighted by atomic mass is 28.4. The van der Waals surface area contributed by atoms with E-state index in [4.69, 9.17) is 4.53 Å². The summed E-state index contributed by atoms with van der Waals surface area (Å²) in [5.41, 5.74) is 3.29. The lowest BCUT2D eigenvalue weighted by Crippen LogP contribution is -2.40. The highest BCUT2D eigenvalue weighted by Crippen LogP contribution is 2.20. The predicted molar refractivity (Wildman–Crippen MR) is 63.7 cm³/mol. The molecule has 0 radical (unpaired) electrons. The molecular formula is C11H25NOSi. The Morgan fingerprint density at radius 2 is 1.93 bits per heavy atom. The van der Waals surface area contributed by atoms with Gasteiger partial charge in [0.25, 0.3) is 0 Å². The molecule has 0 aromatic carbocycles. The number of rotatable bonds is 6. The van der Waals surface area contributed by atoms with E-state index in [9.17, 15) is 0 Å². The molecule has 0 aromatic rings. The van der Waals surface area contributed by atoms with E-state index >= 15 is 0 Å². The van der Waals surface area contributed by atoms with Gasteiger partial charge in [-0.05, 0) is 32.0 Å². The predicted octanol–water partition coefficient (Wildman–Crippen LogP) is 3.46. The summed E-state index contributed by atoms with van der Waals surface area (Å²) in [4.78, 5) is 0. The number of hydroxylamine groups is 1. The van der Waals surface area contributed by atoms with Crippen LogP contribution in [0.3, 0.4) is 0 Å². The fourth-order valence-corrected chi connectivity index (χ4v) is 3.73. The van der Waals surface area contributed by atoms with Gasteiger partial charge < -0.3 is 4.53 Å². The van der Waals surface area contributed by atoms with Crippen molar-refractivity contribution in [2.75, 3.05) is 0 Å². The first-order chi connectivity index (χ1) is 6.64. The zero-order valence-corrected chi connectivity index (χ0v) is 10.9. The lowest BCUT2D eigenvalue weighted by molar-refractivity contribution is 0.145. The van der Waals surface area contributed by atoms with E-state index in [0.717, 1.165) is 0 Å². The minimum Gasteiger partial charge on any atom is -0.345 e. The van der Waals surface area contributed by atoms with Crippen molar-refractivity contribution in [1.29, 1.82) is 0 Å². The Balaban J connectivity index is 2.14. The van der Waals surface area contributed by atoms with Crippen LogP contribution in [-0.4, -0.2) is 14.4 Å². The highest BCUT2D eigenvalue weighted by molar-refractivity contribution is 6.71. The zero-order valence-electron chi connectivity index (χ0n) is 9.94. The van der Waals surface area contributed by atoms with Crippen molar-refractivity contribution >= 4 is 8.32 Å². The molecule has 0 aliphatic heterocycles. The molecular weight excluding hydrogens is 190 g/mol. The highest BCUT2D eigenvalue weighted by Gasteiger charge is 2.24. The van der Waals surface area contributed by atoms with Gasteiger partial charge in [-0.25, -0.2) is 5.48 Å². The number of hydrogen-bond donors (Lipinski definition) is 1. The van der Waals surface area contributed by atoms with Gasteiger partial charge in [0.05, 0.1) is 0 Å². The molecule has 3 heteroatoms. The fourth-order valence-electron chi connectivity index (χ4n) is 1.94. The maximum atomic E-state index is 5.90. The molecule has 0 bridgehead atoms. The van der Waals surface area contributed by atoms with Crippen molar-refractivity contribution in [3.63, 3.8) is 0 Å². The van der Waals surface area contributed by atoms with E-state index in [1.807, 2.05) is 0 Å². The van der Waals surface area contributed by atoms with Gasteiger partial charge in [0.1, 0.15) is 0 Å². The van der Waals surface area contributed by atoms with Gasteiger partial charge in [0, 0.05) is 6.04 Å². The smallest absolute Gasteiger partial charge is 0.214 e. The summed E-state index contributed by atoms with van der Waals surface area (Å²) in [5, 5.41) is 0. The maximum absolute atomic E-state index is 5.90. The third-order valence-corrected chi connectivity index (χ3v) is 5.22. The fraction of sp³-hybridized carbons (Fsp3) is 1.00. The van der Waals surface area contributed by atoms with Gasteiger partial charge in [-0.3, -0.25) is 0 Å². The summed E-state index contributed by atoms with van der Waals surface area (Å²) in [5.74, 6) is 0. The quantitative estimate of drug-likeness (QED) is 0.541. The van der Waals surface area contributed by atoms with Gasteiger partial charge in [-0.15, -0.1) is 0 Å². The molecule has 1 N–H and O–H groups in total. The Bertz CT molecular complexity index is 155. The molecule has 2 nitrogen and oxygen atoms in total. The van der Waals surface area contributed by atoms with Crippen molar-refractivity contribution in [1.82, 2.24) is 5.48 Å². The standard InChI is InChI=1S/C11H25NOSi/c1-4-5-10-14(2,3)13-12-11-8-6-7-9-11/h11-12H,4-10H2,1-3H3. The van der Waals surface area contributed by atoms with E-state index in [-0.39, 0.29) is 0 Å². The zero-order chi connectivity index (χ0) is 10.4. The summed E-state index contributed by atoms with van der Waals surface area (Å²) in [7, 11) is -1.40. The normalized spacial score (nSPS) is 19.1. The molecule has 0 heterocycles. The molecule has 0 saturated heterocycles. The molecule has 1 fully saturated rings. The Morgan fingerprint density at radius 3 is 2.50 bits per heavy atom. The third-order valence-electron chi connectivity index (χ3n) is 2.99. The van der Waals surface area contributed by atoms with Gasteiger partial charge >= 0.3 is 0 Å². The number of unbranched alkanes of at least 4 members (excludes halogenated alkanes) is 1. The molecule has 0 atom stereocenters. The molecule has 0 unspecified atom stereocenters. The topological polar surface area (TPSA) is 21.3 Å². The van der Waals surface area contributed by atoms with Crippen LogP contribution in [0.2, 0.25) is 19.1 Å². The maximum Gasteiger partial charge on any atom is 0.214 e. The van der Waals surface area contributed by atoms with Crippen molar-refractivity contribution in [2.24, 2.45) is 0 Å². The molecule has 84 valence electrons. The molecule has 1 aliphatic carbocycles. The average Bonchev–Trinajstić information content (AvgIpc) is 2.64. The van der Waals surface area contributed by atoms with Crippen LogP contribution in [0.15, 0.2) is 0 Å². The lowest BCUT2D eigenvalue weighted by Gasteiger charge is -2.25. The first-order valence-corrected chi connectivity index (χ1v) is 9.19. The summed E-state index contributed by atoms with van der Waals surface area (Å²) in [6.45, 7) is 6.87. The monoisotopic (exact) mass is 215 g/mol. The molecule has 1 saturated carbocycles. The first kappa shape index (κ1) is 12.2. The van der Waals surface area contributed by atoms with Crippen LogP contribution in [0.5, 0.6) is 0 Å². The van der Waals surface area contributed by atoms with Crippen LogP contribution >= 0.6 is 0 Å². The number of nitrogens with one attached hydrogen (secondary N) is 1. The molecule has 0 aromatic heterocycles. The SMILES string of the molecule is CCCC[Si](C)(C)ONC1CCCC1.